The van der Waals surface area contributed by atoms with Gasteiger partial charge in [0, 0.05) is 55.0 Å². The standard InChI is InChI=1S/C24H18F5N3O2/c1-31-11-15-3-2-13(23(33)30-10-18-20(28)8-17(26)9-21(18)29)6-22(15)32(24(31)34)12-14-4-5-16(25)7-19(14)27/h2-9H,10-12H2,1H3,(H,30,33). The minimum Gasteiger partial charge on any atom is -0.348 e. The normalized spacial score (nSPS) is 13.2. The van der Waals surface area contributed by atoms with E-state index >= 15 is 0 Å². The van der Waals surface area contributed by atoms with Crippen molar-refractivity contribution in [3.63, 3.8) is 0 Å². The molecule has 0 unspecified atom stereocenters. The molecule has 34 heavy (non-hydrogen) atoms. The van der Waals surface area contributed by atoms with Crippen LogP contribution in [-0.4, -0.2) is 23.9 Å². The molecule has 0 aromatic heterocycles. The van der Waals surface area contributed by atoms with E-state index in [2.05, 4.69) is 5.32 Å². The van der Waals surface area contributed by atoms with Gasteiger partial charge in [0.1, 0.15) is 29.1 Å². The predicted octanol–water partition coefficient (Wildman–Crippen LogP) is 4.88. The fourth-order valence-electron chi connectivity index (χ4n) is 3.71. The molecule has 1 aliphatic heterocycles. The van der Waals surface area contributed by atoms with E-state index in [1.54, 1.807) is 13.1 Å². The maximum Gasteiger partial charge on any atom is 0.324 e. The monoisotopic (exact) mass is 475 g/mol. The van der Waals surface area contributed by atoms with Crippen LogP contribution in [0, 0.1) is 29.1 Å². The Morgan fingerprint density at radius 3 is 2.26 bits per heavy atom. The summed E-state index contributed by atoms with van der Waals surface area (Å²) in [6.45, 7) is -0.496. The second kappa shape index (κ2) is 9.12. The lowest BCUT2D eigenvalue weighted by atomic mass is 10.0. The van der Waals surface area contributed by atoms with E-state index in [-0.39, 0.29) is 24.2 Å². The Hall–Kier alpha value is -3.95. The minimum absolute atomic E-state index is 0.0770. The average molecular weight is 475 g/mol. The molecule has 1 heterocycles. The first-order valence-electron chi connectivity index (χ1n) is 10.1. The highest BCUT2D eigenvalue weighted by Gasteiger charge is 2.29. The summed E-state index contributed by atoms with van der Waals surface area (Å²) in [6, 6.07) is 8.09. The fourth-order valence-corrected chi connectivity index (χ4v) is 3.71. The zero-order chi connectivity index (χ0) is 24.6. The fraction of sp³-hybridized carbons (Fsp3) is 0.167. The Bertz CT molecular complexity index is 1270. The molecule has 4 rings (SSSR count). The van der Waals surface area contributed by atoms with Gasteiger partial charge >= 0.3 is 6.03 Å². The summed E-state index contributed by atoms with van der Waals surface area (Å²) >= 11 is 0. The molecule has 1 aliphatic rings. The van der Waals surface area contributed by atoms with Gasteiger partial charge in [-0.05, 0) is 23.8 Å². The Morgan fingerprint density at radius 1 is 0.912 bits per heavy atom. The number of hydrogen-bond donors (Lipinski definition) is 1. The Kier molecular flexibility index (Phi) is 6.23. The summed E-state index contributed by atoms with van der Waals surface area (Å²) in [5.74, 6) is -5.61. The number of halogens is 5. The van der Waals surface area contributed by atoms with Crippen molar-refractivity contribution < 1.29 is 31.5 Å². The molecule has 0 saturated carbocycles. The highest BCUT2D eigenvalue weighted by molar-refractivity contribution is 5.99. The van der Waals surface area contributed by atoms with Gasteiger partial charge in [-0.15, -0.1) is 0 Å². The van der Waals surface area contributed by atoms with Gasteiger partial charge in [-0.3, -0.25) is 9.69 Å². The molecule has 3 amide bonds. The van der Waals surface area contributed by atoms with Crippen LogP contribution in [0.1, 0.15) is 27.0 Å². The van der Waals surface area contributed by atoms with E-state index in [0.29, 0.717) is 29.4 Å². The van der Waals surface area contributed by atoms with E-state index in [0.717, 1.165) is 6.07 Å². The number of rotatable bonds is 5. The largest absolute Gasteiger partial charge is 0.348 e. The SMILES string of the molecule is CN1Cc2ccc(C(=O)NCc3c(F)cc(F)cc3F)cc2N(Cc2ccc(F)cc2F)C1=O. The molecule has 0 fully saturated rings. The lowest BCUT2D eigenvalue weighted by Gasteiger charge is -2.35. The maximum absolute atomic E-state index is 14.2. The van der Waals surface area contributed by atoms with Crippen molar-refractivity contribution in [2.24, 2.45) is 0 Å². The van der Waals surface area contributed by atoms with Crippen LogP contribution in [0.25, 0.3) is 0 Å². The third-order valence-corrected chi connectivity index (χ3v) is 5.48. The quantitative estimate of drug-likeness (QED) is 0.535. The van der Waals surface area contributed by atoms with Gasteiger partial charge in [-0.1, -0.05) is 12.1 Å². The maximum atomic E-state index is 14.2. The van der Waals surface area contributed by atoms with Gasteiger partial charge in [-0.25, -0.2) is 26.7 Å². The number of amides is 3. The van der Waals surface area contributed by atoms with Crippen molar-refractivity contribution in [1.82, 2.24) is 10.2 Å². The van der Waals surface area contributed by atoms with E-state index in [9.17, 15) is 31.5 Å². The molecule has 0 aliphatic carbocycles. The number of nitrogens with zero attached hydrogens (tertiary/aromatic N) is 2. The number of fused-ring (bicyclic) bond motifs is 1. The second-order valence-electron chi connectivity index (χ2n) is 7.83. The minimum atomic E-state index is -1.13. The zero-order valence-corrected chi connectivity index (χ0v) is 17.8. The van der Waals surface area contributed by atoms with Gasteiger partial charge in [-0.2, -0.15) is 0 Å². The van der Waals surface area contributed by atoms with E-state index in [1.807, 2.05) is 0 Å². The molecule has 176 valence electrons. The van der Waals surface area contributed by atoms with Crippen LogP contribution in [0.3, 0.4) is 0 Å². The van der Waals surface area contributed by atoms with Gasteiger partial charge in [0.2, 0.25) is 0 Å². The number of carbonyl (C=O) groups is 2. The van der Waals surface area contributed by atoms with Crippen molar-refractivity contribution in [2.45, 2.75) is 19.6 Å². The summed E-state index contributed by atoms with van der Waals surface area (Å²) < 4.78 is 68.3. The summed E-state index contributed by atoms with van der Waals surface area (Å²) in [6.07, 6.45) is 0. The van der Waals surface area contributed by atoms with Crippen LogP contribution in [0.4, 0.5) is 32.4 Å². The molecule has 0 radical (unpaired) electrons. The smallest absolute Gasteiger partial charge is 0.324 e. The molecular weight excluding hydrogens is 457 g/mol. The predicted molar refractivity (Wildman–Crippen MR) is 113 cm³/mol. The summed E-state index contributed by atoms with van der Waals surface area (Å²) in [5.41, 5.74) is 0.685. The third kappa shape index (κ3) is 4.57. The first kappa shape index (κ1) is 23.2. The molecule has 5 nitrogen and oxygen atoms in total. The van der Waals surface area contributed by atoms with Gasteiger partial charge in [0.15, 0.2) is 0 Å². The molecule has 1 N–H and O–H groups in total. The van der Waals surface area contributed by atoms with Crippen LogP contribution in [0.5, 0.6) is 0 Å². The first-order chi connectivity index (χ1) is 16.1. The topological polar surface area (TPSA) is 52.7 Å². The highest BCUT2D eigenvalue weighted by Crippen LogP contribution is 2.31. The molecule has 0 atom stereocenters. The van der Waals surface area contributed by atoms with Crippen LogP contribution < -0.4 is 10.2 Å². The number of urea groups is 1. The number of carbonyl (C=O) groups excluding carboxylic acids is 2. The van der Waals surface area contributed by atoms with Gasteiger partial charge in [0.05, 0.1) is 12.2 Å². The van der Waals surface area contributed by atoms with Crippen LogP contribution in [0.15, 0.2) is 48.5 Å². The van der Waals surface area contributed by atoms with Crippen LogP contribution in [0.2, 0.25) is 0 Å². The molecule has 0 saturated heterocycles. The van der Waals surface area contributed by atoms with Crippen LogP contribution in [-0.2, 0) is 19.6 Å². The third-order valence-electron chi connectivity index (χ3n) is 5.48. The van der Waals surface area contributed by atoms with Crippen molar-refractivity contribution in [3.8, 4) is 0 Å². The van der Waals surface area contributed by atoms with Crippen molar-refractivity contribution in [3.05, 3.63) is 99.9 Å². The van der Waals surface area contributed by atoms with Gasteiger partial charge in [0.25, 0.3) is 5.91 Å². The number of anilines is 1. The number of nitrogens with one attached hydrogen (secondary N) is 1. The van der Waals surface area contributed by atoms with E-state index < -0.39 is 53.1 Å². The zero-order valence-electron chi connectivity index (χ0n) is 17.8. The Balaban J connectivity index is 1.60. The van der Waals surface area contributed by atoms with E-state index in [1.165, 1.54) is 28.0 Å². The molecule has 0 spiro atoms. The lowest BCUT2D eigenvalue weighted by Crippen LogP contribution is -2.45. The van der Waals surface area contributed by atoms with E-state index in [4.69, 9.17) is 0 Å². The Morgan fingerprint density at radius 2 is 1.59 bits per heavy atom. The number of benzene rings is 3. The lowest BCUT2D eigenvalue weighted by molar-refractivity contribution is 0.0950. The molecule has 3 aromatic carbocycles. The first-order valence-corrected chi connectivity index (χ1v) is 10.1. The van der Waals surface area contributed by atoms with Crippen molar-refractivity contribution in [2.75, 3.05) is 11.9 Å². The summed E-state index contributed by atoms with van der Waals surface area (Å²) in [4.78, 5) is 28.1. The Labute approximate surface area is 191 Å². The van der Waals surface area contributed by atoms with Gasteiger partial charge < -0.3 is 10.2 Å². The average Bonchev–Trinajstić information content (AvgIpc) is 2.77. The molecule has 3 aromatic rings. The van der Waals surface area contributed by atoms with Crippen LogP contribution >= 0.6 is 0 Å². The van der Waals surface area contributed by atoms with Crippen molar-refractivity contribution >= 4 is 17.6 Å². The summed E-state index contributed by atoms with van der Waals surface area (Å²) in [5, 5.41) is 2.37. The number of hydrogen-bond acceptors (Lipinski definition) is 2. The molecule has 0 bridgehead atoms. The summed E-state index contributed by atoms with van der Waals surface area (Å²) in [7, 11) is 1.56. The molecule has 10 heteroatoms. The second-order valence-corrected chi connectivity index (χ2v) is 7.83. The molecular formula is C24H18F5N3O2. The van der Waals surface area contributed by atoms with Crippen molar-refractivity contribution in [1.29, 1.82) is 0 Å². The highest BCUT2D eigenvalue weighted by atomic mass is 19.2.